The molecule has 1 aromatic carbocycles. The summed E-state index contributed by atoms with van der Waals surface area (Å²) in [5, 5.41) is 18.5. The molecule has 8 nitrogen and oxygen atoms in total. The summed E-state index contributed by atoms with van der Waals surface area (Å²) in [6, 6.07) is 2.16. The number of nitro benzene ring substituents is 1. The molecule has 0 spiro atoms. The maximum Gasteiger partial charge on any atom is 0.416 e. The van der Waals surface area contributed by atoms with Gasteiger partial charge in [-0.1, -0.05) is 0 Å². The van der Waals surface area contributed by atoms with Crippen molar-refractivity contribution in [3.05, 3.63) is 33.9 Å². The van der Waals surface area contributed by atoms with E-state index in [1.54, 1.807) is 0 Å². The van der Waals surface area contributed by atoms with Gasteiger partial charge in [0, 0.05) is 39.0 Å². The van der Waals surface area contributed by atoms with Crippen molar-refractivity contribution in [3.63, 3.8) is 0 Å². The van der Waals surface area contributed by atoms with E-state index in [1.807, 2.05) is 0 Å². The lowest BCUT2D eigenvalue weighted by atomic mass is 10.1. The van der Waals surface area contributed by atoms with Gasteiger partial charge in [0.2, 0.25) is 11.8 Å². The minimum Gasteiger partial charge on any atom is -0.378 e. The first-order valence-corrected chi connectivity index (χ1v) is 7.22. The fourth-order valence-corrected chi connectivity index (χ4v) is 1.85. The van der Waals surface area contributed by atoms with Crippen molar-refractivity contribution in [2.24, 2.45) is 0 Å². The predicted molar refractivity (Wildman–Crippen MR) is 82.9 cm³/mol. The molecule has 2 amide bonds. The number of rotatable bonds is 8. The SMILES string of the molecule is CC(=O)NCCC(=O)NCCNc1ccc(C(F)(F)F)cc1[N+](=O)[O-]. The molecule has 3 N–H and O–H groups in total. The van der Waals surface area contributed by atoms with Crippen LogP contribution in [0, 0.1) is 10.1 Å². The zero-order valence-electron chi connectivity index (χ0n) is 13.3. The maximum atomic E-state index is 12.6. The maximum absolute atomic E-state index is 12.6. The van der Waals surface area contributed by atoms with Crippen LogP contribution in [0.1, 0.15) is 18.9 Å². The van der Waals surface area contributed by atoms with Gasteiger partial charge in [-0.25, -0.2) is 0 Å². The number of nitrogens with zero attached hydrogens (tertiary/aromatic N) is 1. The molecule has 0 aliphatic carbocycles. The fourth-order valence-electron chi connectivity index (χ4n) is 1.85. The van der Waals surface area contributed by atoms with E-state index < -0.39 is 22.4 Å². The fraction of sp³-hybridized carbons (Fsp3) is 0.429. The molecular weight excluding hydrogens is 345 g/mol. The summed E-state index contributed by atoms with van der Waals surface area (Å²) < 4.78 is 37.8. The largest absolute Gasteiger partial charge is 0.416 e. The van der Waals surface area contributed by atoms with Crippen molar-refractivity contribution in [1.82, 2.24) is 10.6 Å². The van der Waals surface area contributed by atoms with Crippen LogP contribution in [0.2, 0.25) is 0 Å². The van der Waals surface area contributed by atoms with Crippen LogP contribution in [0.5, 0.6) is 0 Å². The second-order valence-corrected chi connectivity index (χ2v) is 5.00. The highest BCUT2D eigenvalue weighted by molar-refractivity contribution is 5.77. The topological polar surface area (TPSA) is 113 Å². The Morgan fingerprint density at radius 1 is 1.16 bits per heavy atom. The molecule has 0 aliphatic heterocycles. The third kappa shape index (κ3) is 7.06. The highest BCUT2D eigenvalue weighted by atomic mass is 19.4. The molecule has 11 heteroatoms. The number of anilines is 1. The molecule has 0 saturated carbocycles. The molecule has 0 saturated heterocycles. The molecule has 0 aliphatic rings. The number of carbonyl (C=O) groups is 2. The van der Waals surface area contributed by atoms with Crippen LogP contribution < -0.4 is 16.0 Å². The average Bonchev–Trinajstić information content (AvgIpc) is 2.50. The van der Waals surface area contributed by atoms with Gasteiger partial charge >= 0.3 is 6.18 Å². The monoisotopic (exact) mass is 362 g/mol. The zero-order chi connectivity index (χ0) is 19.0. The Balaban J connectivity index is 2.53. The molecule has 25 heavy (non-hydrogen) atoms. The predicted octanol–water partition coefficient (Wildman–Crippen LogP) is 1.67. The van der Waals surface area contributed by atoms with E-state index in [-0.39, 0.29) is 43.6 Å². The molecule has 0 radical (unpaired) electrons. The minimum absolute atomic E-state index is 0.0695. The molecule has 0 atom stereocenters. The molecule has 0 fully saturated rings. The highest BCUT2D eigenvalue weighted by Gasteiger charge is 2.32. The normalized spacial score (nSPS) is 10.9. The van der Waals surface area contributed by atoms with Gasteiger partial charge < -0.3 is 16.0 Å². The van der Waals surface area contributed by atoms with E-state index in [4.69, 9.17) is 0 Å². The minimum atomic E-state index is -4.68. The number of nitrogens with one attached hydrogen (secondary N) is 3. The van der Waals surface area contributed by atoms with E-state index in [0.717, 1.165) is 12.1 Å². The van der Waals surface area contributed by atoms with Crippen LogP contribution in [0.4, 0.5) is 24.5 Å². The molecule has 138 valence electrons. The van der Waals surface area contributed by atoms with E-state index in [1.165, 1.54) is 6.92 Å². The Bertz CT molecular complexity index is 649. The number of hydrogen-bond acceptors (Lipinski definition) is 5. The first-order chi connectivity index (χ1) is 11.6. The van der Waals surface area contributed by atoms with Crippen LogP contribution in [0.3, 0.4) is 0 Å². The Hall–Kier alpha value is -2.85. The van der Waals surface area contributed by atoms with Gasteiger partial charge in [-0.2, -0.15) is 13.2 Å². The number of alkyl halides is 3. The summed E-state index contributed by atoms with van der Waals surface area (Å²) in [7, 11) is 0. The van der Waals surface area contributed by atoms with Crippen molar-refractivity contribution in [2.75, 3.05) is 25.0 Å². The molecule has 1 rings (SSSR count). The molecule has 0 heterocycles. The number of halogens is 3. The number of hydrogen-bond donors (Lipinski definition) is 3. The molecule has 1 aromatic rings. The third-order valence-electron chi connectivity index (χ3n) is 3.01. The molecule has 0 unspecified atom stereocenters. The number of nitro groups is 1. The summed E-state index contributed by atoms with van der Waals surface area (Å²) in [6.07, 6.45) is -4.61. The molecular formula is C14H17F3N4O4. The van der Waals surface area contributed by atoms with Crippen LogP contribution in [0.25, 0.3) is 0 Å². The van der Waals surface area contributed by atoms with E-state index in [9.17, 15) is 32.9 Å². The van der Waals surface area contributed by atoms with Crippen LogP contribution >= 0.6 is 0 Å². The molecule has 0 aromatic heterocycles. The van der Waals surface area contributed by atoms with Crippen molar-refractivity contribution in [1.29, 1.82) is 0 Å². The smallest absolute Gasteiger partial charge is 0.378 e. The summed E-state index contributed by atoms with van der Waals surface area (Å²) in [4.78, 5) is 32.1. The third-order valence-corrected chi connectivity index (χ3v) is 3.01. The van der Waals surface area contributed by atoms with Gasteiger partial charge in [0.25, 0.3) is 5.69 Å². The lowest BCUT2D eigenvalue weighted by molar-refractivity contribution is -0.384. The Kier molecular flexibility index (Phi) is 7.15. The Labute approximate surface area is 140 Å². The van der Waals surface area contributed by atoms with Crippen molar-refractivity contribution >= 4 is 23.2 Å². The second kappa shape index (κ2) is 8.85. The van der Waals surface area contributed by atoms with Gasteiger partial charge in [0.15, 0.2) is 0 Å². The van der Waals surface area contributed by atoms with Crippen molar-refractivity contribution < 1.29 is 27.7 Å². The highest BCUT2D eigenvalue weighted by Crippen LogP contribution is 2.34. The first kappa shape index (κ1) is 20.2. The molecule has 0 bridgehead atoms. The van der Waals surface area contributed by atoms with E-state index in [0.29, 0.717) is 6.07 Å². The number of benzene rings is 1. The average molecular weight is 362 g/mol. The van der Waals surface area contributed by atoms with Gasteiger partial charge in [0.05, 0.1) is 10.5 Å². The summed E-state index contributed by atoms with van der Waals surface area (Å²) >= 11 is 0. The number of carbonyl (C=O) groups excluding carboxylic acids is 2. The van der Waals surface area contributed by atoms with Crippen LogP contribution in [-0.4, -0.2) is 36.4 Å². The van der Waals surface area contributed by atoms with Crippen molar-refractivity contribution in [3.8, 4) is 0 Å². The van der Waals surface area contributed by atoms with E-state index >= 15 is 0 Å². The summed E-state index contributed by atoms with van der Waals surface area (Å²) in [5.74, 6) is -0.596. The Morgan fingerprint density at radius 3 is 2.40 bits per heavy atom. The second-order valence-electron chi connectivity index (χ2n) is 5.00. The summed E-state index contributed by atoms with van der Waals surface area (Å²) in [6.45, 7) is 1.69. The van der Waals surface area contributed by atoms with Crippen molar-refractivity contribution in [2.45, 2.75) is 19.5 Å². The quantitative estimate of drug-likeness (QED) is 0.370. The zero-order valence-corrected chi connectivity index (χ0v) is 13.3. The Morgan fingerprint density at radius 2 is 1.84 bits per heavy atom. The van der Waals surface area contributed by atoms with Gasteiger partial charge in [0.1, 0.15) is 5.69 Å². The number of amides is 2. The summed E-state index contributed by atoms with van der Waals surface area (Å²) in [5.41, 5.74) is -1.90. The lowest BCUT2D eigenvalue weighted by Gasteiger charge is -2.11. The first-order valence-electron chi connectivity index (χ1n) is 7.22. The lowest BCUT2D eigenvalue weighted by Crippen LogP contribution is -2.32. The van der Waals surface area contributed by atoms with Gasteiger partial charge in [-0.3, -0.25) is 19.7 Å². The van der Waals surface area contributed by atoms with Crippen LogP contribution in [-0.2, 0) is 15.8 Å². The standard InChI is InChI=1S/C14H17F3N4O4/c1-9(22)18-5-4-13(23)20-7-6-19-11-3-2-10(14(15,16)17)8-12(11)21(24)25/h2-3,8,19H,4-7H2,1H3,(H,18,22)(H,20,23). The van der Waals surface area contributed by atoms with Gasteiger partial charge in [-0.05, 0) is 12.1 Å². The van der Waals surface area contributed by atoms with Crippen LogP contribution in [0.15, 0.2) is 18.2 Å². The van der Waals surface area contributed by atoms with Gasteiger partial charge in [-0.15, -0.1) is 0 Å². The van der Waals surface area contributed by atoms with E-state index in [2.05, 4.69) is 16.0 Å².